The summed E-state index contributed by atoms with van der Waals surface area (Å²) in [5.41, 5.74) is -0.191. The molecule has 2 aromatic rings. The average Bonchev–Trinajstić information content (AvgIpc) is 2.91. The lowest BCUT2D eigenvalue weighted by molar-refractivity contribution is -0.121. The molecule has 20 heavy (non-hydrogen) atoms. The molecule has 0 radical (unpaired) electrons. The highest BCUT2D eigenvalue weighted by molar-refractivity contribution is 7.10. The monoisotopic (exact) mass is 309 g/mol. The topological polar surface area (TPSA) is 49.3 Å². The molecule has 0 aliphatic carbocycles. The van der Waals surface area contributed by atoms with Crippen LogP contribution < -0.4 is 5.32 Å². The van der Waals surface area contributed by atoms with Gasteiger partial charge in [0.1, 0.15) is 5.60 Å². The zero-order valence-corrected chi connectivity index (χ0v) is 12.7. The minimum absolute atomic E-state index is 0.135. The van der Waals surface area contributed by atoms with Gasteiger partial charge in [-0.25, -0.2) is 0 Å². The smallest absolute Gasteiger partial charge is 0.224 e. The van der Waals surface area contributed by atoms with Crippen LogP contribution in [0.1, 0.15) is 17.4 Å². The Labute approximate surface area is 127 Å². The van der Waals surface area contributed by atoms with Gasteiger partial charge in [0, 0.05) is 9.90 Å². The molecule has 5 heteroatoms. The van der Waals surface area contributed by atoms with Gasteiger partial charge in [-0.15, -0.1) is 11.3 Å². The van der Waals surface area contributed by atoms with Gasteiger partial charge in [-0.05, 0) is 36.1 Å². The highest BCUT2D eigenvalue weighted by Crippen LogP contribution is 2.24. The third kappa shape index (κ3) is 4.07. The molecule has 3 nitrogen and oxygen atoms in total. The summed E-state index contributed by atoms with van der Waals surface area (Å²) in [5.74, 6) is -0.135. The molecule has 1 unspecified atom stereocenters. The Kier molecular flexibility index (Phi) is 4.81. The van der Waals surface area contributed by atoms with Gasteiger partial charge in [-0.3, -0.25) is 4.79 Å². The maximum atomic E-state index is 11.9. The summed E-state index contributed by atoms with van der Waals surface area (Å²) in [4.78, 5) is 12.7. The van der Waals surface area contributed by atoms with Crippen LogP contribution in [0.2, 0.25) is 5.02 Å². The highest BCUT2D eigenvalue weighted by Gasteiger charge is 2.24. The predicted octanol–water partition coefficient (Wildman–Crippen LogP) is 2.97. The summed E-state index contributed by atoms with van der Waals surface area (Å²) in [6.45, 7) is 1.88. The Hall–Kier alpha value is -1.36. The summed E-state index contributed by atoms with van der Waals surface area (Å²) >= 11 is 7.34. The van der Waals surface area contributed by atoms with E-state index in [1.807, 2.05) is 29.6 Å². The fraction of sp³-hybridized carbons (Fsp3) is 0.267. The molecule has 1 amide bonds. The van der Waals surface area contributed by atoms with Crippen molar-refractivity contribution in [2.75, 3.05) is 6.54 Å². The molecule has 106 valence electrons. The van der Waals surface area contributed by atoms with Crippen molar-refractivity contribution in [3.05, 3.63) is 57.2 Å². The predicted molar refractivity (Wildman–Crippen MR) is 82.1 cm³/mol. The van der Waals surface area contributed by atoms with E-state index in [2.05, 4.69) is 5.32 Å². The van der Waals surface area contributed by atoms with Crippen LogP contribution >= 0.6 is 22.9 Å². The number of hydrogen-bond acceptors (Lipinski definition) is 3. The van der Waals surface area contributed by atoms with E-state index in [1.165, 1.54) is 11.3 Å². The Bertz CT molecular complexity index is 581. The van der Waals surface area contributed by atoms with Crippen LogP contribution in [0.4, 0.5) is 0 Å². The van der Waals surface area contributed by atoms with Crippen LogP contribution in [-0.4, -0.2) is 17.6 Å². The number of rotatable bonds is 5. The Balaban J connectivity index is 1.89. The normalized spacial score (nSPS) is 13.8. The molecular formula is C15H16ClNO2S. The number of amides is 1. The molecule has 1 atom stereocenters. The first kappa shape index (κ1) is 15.0. The van der Waals surface area contributed by atoms with Gasteiger partial charge >= 0.3 is 0 Å². The maximum Gasteiger partial charge on any atom is 0.224 e. The summed E-state index contributed by atoms with van der Waals surface area (Å²) < 4.78 is 0. The van der Waals surface area contributed by atoms with E-state index in [1.54, 1.807) is 19.1 Å². The Morgan fingerprint density at radius 1 is 1.40 bits per heavy atom. The second-order valence-corrected chi connectivity index (χ2v) is 6.22. The van der Waals surface area contributed by atoms with Crippen molar-refractivity contribution in [1.82, 2.24) is 5.32 Å². The maximum absolute atomic E-state index is 11.9. The van der Waals surface area contributed by atoms with Crippen LogP contribution in [0, 0.1) is 0 Å². The summed E-state index contributed by atoms with van der Waals surface area (Å²) in [6.07, 6.45) is 0.251. The number of carbonyl (C=O) groups is 1. The highest BCUT2D eigenvalue weighted by atomic mass is 35.5. The number of halogens is 1. The summed E-state index contributed by atoms with van der Waals surface area (Å²) in [5, 5.41) is 15.6. The molecule has 0 saturated carbocycles. The van der Waals surface area contributed by atoms with Crippen molar-refractivity contribution in [1.29, 1.82) is 0 Å². The van der Waals surface area contributed by atoms with Crippen LogP contribution in [0.15, 0.2) is 41.8 Å². The molecule has 0 spiro atoms. The van der Waals surface area contributed by atoms with E-state index in [0.29, 0.717) is 5.02 Å². The number of nitrogens with one attached hydrogen (secondary N) is 1. The van der Waals surface area contributed by atoms with Crippen LogP contribution in [0.5, 0.6) is 0 Å². The number of benzene rings is 1. The van der Waals surface area contributed by atoms with Crippen molar-refractivity contribution < 1.29 is 9.90 Å². The van der Waals surface area contributed by atoms with Gasteiger partial charge in [-0.2, -0.15) is 0 Å². The number of carbonyl (C=O) groups excluding carboxylic acids is 1. The Morgan fingerprint density at radius 3 is 2.85 bits per heavy atom. The zero-order valence-electron chi connectivity index (χ0n) is 11.1. The molecule has 1 aromatic heterocycles. The molecule has 0 aliphatic rings. The van der Waals surface area contributed by atoms with E-state index in [-0.39, 0.29) is 18.9 Å². The van der Waals surface area contributed by atoms with Gasteiger partial charge in [0.2, 0.25) is 5.91 Å². The molecule has 0 fully saturated rings. The average molecular weight is 310 g/mol. The van der Waals surface area contributed by atoms with Gasteiger partial charge in [-0.1, -0.05) is 29.8 Å². The van der Waals surface area contributed by atoms with E-state index >= 15 is 0 Å². The van der Waals surface area contributed by atoms with Gasteiger partial charge in [0.25, 0.3) is 0 Å². The van der Waals surface area contributed by atoms with Crippen LogP contribution in [-0.2, 0) is 16.8 Å². The first-order valence-electron chi connectivity index (χ1n) is 6.25. The molecular weight excluding hydrogens is 294 g/mol. The minimum Gasteiger partial charge on any atom is -0.383 e. The van der Waals surface area contributed by atoms with Crippen molar-refractivity contribution in [3.8, 4) is 0 Å². The van der Waals surface area contributed by atoms with Crippen molar-refractivity contribution in [2.45, 2.75) is 18.9 Å². The first-order chi connectivity index (χ1) is 9.47. The largest absolute Gasteiger partial charge is 0.383 e. The lowest BCUT2D eigenvalue weighted by atomic mass is 10.0. The van der Waals surface area contributed by atoms with Gasteiger partial charge < -0.3 is 10.4 Å². The van der Waals surface area contributed by atoms with E-state index in [9.17, 15) is 9.90 Å². The Morgan fingerprint density at radius 2 is 2.20 bits per heavy atom. The third-order valence-electron chi connectivity index (χ3n) is 2.94. The van der Waals surface area contributed by atoms with Crippen LogP contribution in [0.3, 0.4) is 0 Å². The lowest BCUT2D eigenvalue weighted by Crippen LogP contribution is -2.38. The van der Waals surface area contributed by atoms with Gasteiger partial charge in [0.05, 0.1) is 13.0 Å². The second kappa shape index (κ2) is 6.39. The van der Waals surface area contributed by atoms with Crippen LogP contribution in [0.25, 0.3) is 0 Å². The fourth-order valence-corrected chi connectivity index (χ4v) is 2.84. The molecule has 1 heterocycles. The minimum atomic E-state index is -1.04. The molecule has 0 bridgehead atoms. The number of aliphatic hydroxyl groups is 1. The standard InChI is InChI=1S/C15H16ClNO2S/c1-15(19,13-6-3-7-20-13)10-17-14(18)9-11-4-2-5-12(16)8-11/h2-8,19H,9-10H2,1H3,(H,17,18). The quantitative estimate of drug-likeness (QED) is 0.892. The SMILES string of the molecule is CC(O)(CNC(=O)Cc1cccc(Cl)c1)c1cccs1. The van der Waals surface area contributed by atoms with E-state index in [4.69, 9.17) is 11.6 Å². The fourth-order valence-electron chi connectivity index (χ4n) is 1.84. The number of hydrogen-bond donors (Lipinski definition) is 2. The van der Waals surface area contributed by atoms with Gasteiger partial charge in [0.15, 0.2) is 0 Å². The molecule has 0 saturated heterocycles. The number of thiophene rings is 1. The summed E-state index contributed by atoms with van der Waals surface area (Å²) in [7, 11) is 0. The molecule has 2 N–H and O–H groups in total. The second-order valence-electron chi connectivity index (χ2n) is 4.83. The molecule has 0 aliphatic heterocycles. The molecule has 1 aromatic carbocycles. The van der Waals surface area contributed by atoms with E-state index in [0.717, 1.165) is 10.4 Å². The lowest BCUT2D eigenvalue weighted by Gasteiger charge is -2.22. The van der Waals surface area contributed by atoms with Crippen molar-refractivity contribution in [2.24, 2.45) is 0 Å². The first-order valence-corrected chi connectivity index (χ1v) is 7.51. The third-order valence-corrected chi connectivity index (χ3v) is 4.29. The molecule has 2 rings (SSSR count). The zero-order chi connectivity index (χ0) is 14.6. The summed E-state index contributed by atoms with van der Waals surface area (Å²) in [6, 6.07) is 10.9. The van der Waals surface area contributed by atoms with E-state index < -0.39 is 5.60 Å². The van der Waals surface area contributed by atoms with Crippen molar-refractivity contribution in [3.63, 3.8) is 0 Å². The van der Waals surface area contributed by atoms with Crippen molar-refractivity contribution >= 4 is 28.8 Å².